The summed E-state index contributed by atoms with van der Waals surface area (Å²) in [6.07, 6.45) is 12.8. The van der Waals surface area contributed by atoms with Crippen molar-refractivity contribution in [1.82, 2.24) is 0 Å². The Bertz CT molecular complexity index is 420. The molecule has 0 aromatic heterocycles. The lowest BCUT2D eigenvalue weighted by molar-refractivity contribution is 0.471. The van der Waals surface area contributed by atoms with E-state index in [0.29, 0.717) is 5.75 Å². The van der Waals surface area contributed by atoms with Crippen LogP contribution >= 0.6 is 0 Å². The van der Waals surface area contributed by atoms with Gasteiger partial charge in [0.05, 0.1) is 0 Å². The fourth-order valence-corrected chi connectivity index (χ4v) is 2.65. The second-order valence-electron chi connectivity index (χ2n) is 6.24. The highest BCUT2D eigenvalue weighted by molar-refractivity contribution is 5.35. The number of benzene rings is 1. The Morgan fingerprint density at radius 2 is 1.67 bits per heavy atom. The molecule has 0 saturated carbocycles. The quantitative estimate of drug-likeness (QED) is 0.372. The maximum absolute atomic E-state index is 9.52. The minimum atomic E-state index is 0.389. The predicted molar refractivity (Wildman–Crippen MR) is 92.9 cm³/mol. The third-order valence-electron chi connectivity index (χ3n) is 4.16. The average Bonchev–Trinajstić information content (AvgIpc) is 2.47. The van der Waals surface area contributed by atoms with Gasteiger partial charge in [0.1, 0.15) is 5.75 Å². The van der Waals surface area contributed by atoms with Crippen LogP contribution in [0.25, 0.3) is 0 Å². The van der Waals surface area contributed by atoms with Gasteiger partial charge in [-0.2, -0.15) is 0 Å². The zero-order valence-electron chi connectivity index (χ0n) is 14.0. The molecule has 118 valence electrons. The summed E-state index contributed by atoms with van der Waals surface area (Å²) in [5, 5.41) is 9.52. The molecule has 1 aromatic carbocycles. The molecule has 1 aromatic rings. The standard InChI is InChI=1S/C20H32O/c1-4-5-6-7-8-9-10-11-17(2)12-13-19-14-15-20(21)18(3)16-19/h14-16,21H,2,4-13H2,1,3H3. The molecule has 0 radical (unpaired) electrons. The molecule has 0 atom stereocenters. The summed E-state index contributed by atoms with van der Waals surface area (Å²) in [6, 6.07) is 5.89. The van der Waals surface area contributed by atoms with Crippen LogP contribution in [0.15, 0.2) is 30.4 Å². The summed E-state index contributed by atoms with van der Waals surface area (Å²) in [6.45, 7) is 8.42. The molecule has 0 heterocycles. The van der Waals surface area contributed by atoms with Gasteiger partial charge in [-0.3, -0.25) is 0 Å². The molecule has 0 aliphatic heterocycles. The van der Waals surface area contributed by atoms with Crippen molar-refractivity contribution in [1.29, 1.82) is 0 Å². The fourth-order valence-electron chi connectivity index (χ4n) is 2.65. The summed E-state index contributed by atoms with van der Waals surface area (Å²) in [5.74, 6) is 0.389. The van der Waals surface area contributed by atoms with Gasteiger partial charge >= 0.3 is 0 Å². The molecule has 0 aliphatic carbocycles. The van der Waals surface area contributed by atoms with Crippen LogP contribution in [0.3, 0.4) is 0 Å². The molecule has 0 aliphatic rings. The number of phenolic OH excluding ortho intramolecular Hbond substituents is 1. The van der Waals surface area contributed by atoms with Crippen LogP contribution < -0.4 is 0 Å². The van der Waals surface area contributed by atoms with Crippen LogP contribution in [-0.2, 0) is 6.42 Å². The van der Waals surface area contributed by atoms with E-state index in [4.69, 9.17) is 0 Å². The highest BCUT2D eigenvalue weighted by Gasteiger charge is 2.01. The molecular formula is C20H32O. The molecule has 0 bridgehead atoms. The first-order valence-corrected chi connectivity index (χ1v) is 8.58. The lowest BCUT2D eigenvalue weighted by atomic mass is 9.99. The Morgan fingerprint density at radius 3 is 2.33 bits per heavy atom. The lowest BCUT2D eigenvalue weighted by Gasteiger charge is -2.07. The molecule has 1 heteroatoms. The van der Waals surface area contributed by atoms with Gasteiger partial charge in [0, 0.05) is 0 Å². The van der Waals surface area contributed by atoms with Crippen molar-refractivity contribution < 1.29 is 5.11 Å². The van der Waals surface area contributed by atoms with Gasteiger partial charge in [0.25, 0.3) is 0 Å². The van der Waals surface area contributed by atoms with E-state index in [1.54, 1.807) is 6.07 Å². The van der Waals surface area contributed by atoms with E-state index in [0.717, 1.165) is 18.4 Å². The maximum Gasteiger partial charge on any atom is 0.118 e. The molecule has 1 nitrogen and oxygen atoms in total. The van der Waals surface area contributed by atoms with E-state index in [9.17, 15) is 5.11 Å². The lowest BCUT2D eigenvalue weighted by Crippen LogP contribution is -1.90. The van der Waals surface area contributed by atoms with Crippen LogP contribution in [-0.4, -0.2) is 5.11 Å². The van der Waals surface area contributed by atoms with E-state index in [-0.39, 0.29) is 0 Å². The molecule has 0 unspecified atom stereocenters. The maximum atomic E-state index is 9.52. The third-order valence-corrected chi connectivity index (χ3v) is 4.16. The molecule has 0 spiro atoms. The minimum absolute atomic E-state index is 0.389. The zero-order chi connectivity index (χ0) is 15.5. The van der Waals surface area contributed by atoms with Crippen LogP contribution in [0, 0.1) is 6.92 Å². The Labute approximate surface area is 131 Å². The Morgan fingerprint density at radius 1 is 1.00 bits per heavy atom. The largest absolute Gasteiger partial charge is 0.508 e. The number of aryl methyl sites for hydroxylation is 2. The smallest absolute Gasteiger partial charge is 0.118 e. The number of hydrogen-bond acceptors (Lipinski definition) is 1. The normalized spacial score (nSPS) is 10.8. The van der Waals surface area contributed by atoms with Crippen molar-refractivity contribution in [2.75, 3.05) is 0 Å². The van der Waals surface area contributed by atoms with Crippen molar-refractivity contribution in [3.63, 3.8) is 0 Å². The van der Waals surface area contributed by atoms with E-state index in [1.807, 2.05) is 13.0 Å². The van der Waals surface area contributed by atoms with Gasteiger partial charge < -0.3 is 5.11 Å². The Balaban J connectivity index is 2.09. The highest BCUT2D eigenvalue weighted by atomic mass is 16.3. The van der Waals surface area contributed by atoms with Crippen molar-refractivity contribution in [2.24, 2.45) is 0 Å². The van der Waals surface area contributed by atoms with Crippen molar-refractivity contribution in [2.45, 2.75) is 78.1 Å². The third kappa shape index (κ3) is 7.94. The number of phenols is 1. The highest BCUT2D eigenvalue weighted by Crippen LogP contribution is 2.20. The monoisotopic (exact) mass is 288 g/mol. The number of allylic oxidation sites excluding steroid dienone is 1. The molecule has 1 rings (SSSR count). The van der Waals surface area contributed by atoms with Crippen LogP contribution in [0.4, 0.5) is 0 Å². The van der Waals surface area contributed by atoms with Crippen LogP contribution in [0.5, 0.6) is 5.75 Å². The zero-order valence-corrected chi connectivity index (χ0v) is 14.0. The SMILES string of the molecule is C=C(CCCCCCCCC)CCc1ccc(O)c(C)c1. The minimum Gasteiger partial charge on any atom is -0.508 e. The van der Waals surface area contributed by atoms with Gasteiger partial charge in [-0.05, 0) is 49.8 Å². The van der Waals surface area contributed by atoms with Crippen LogP contribution in [0.1, 0.15) is 75.8 Å². The van der Waals surface area contributed by atoms with Gasteiger partial charge in [0.2, 0.25) is 0 Å². The average molecular weight is 288 g/mol. The van der Waals surface area contributed by atoms with Gasteiger partial charge in [-0.15, -0.1) is 0 Å². The fraction of sp³-hybridized carbons (Fsp3) is 0.600. The van der Waals surface area contributed by atoms with Gasteiger partial charge in [0.15, 0.2) is 0 Å². The molecular weight excluding hydrogens is 256 g/mol. The number of hydrogen-bond donors (Lipinski definition) is 1. The first-order chi connectivity index (χ1) is 10.1. The molecule has 0 fully saturated rings. The summed E-state index contributed by atoms with van der Waals surface area (Å²) >= 11 is 0. The second kappa shape index (κ2) is 10.5. The molecule has 1 N–H and O–H groups in total. The summed E-state index contributed by atoms with van der Waals surface area (Å²) < 4.78 is 0. The van der Waals surface area contributed by atoms with Crippen molar-refractivity contribution in [3.8, 4) is 5.75 Å². The first kappa shape index (κ1) is 17.8. The van der Waals surface area contributed by atoms with Gasteiger partial charge in [-0.1, -0.05) is 69.7 Å². The van der Waals surface area contributed by atoms with E-state index >= 15 is 0 Å². The summed E-state index contributed by atoms with van der Waals surface area (Å²) in [5.41, 5.74) is 3.63. The van der Waals surface area contributed by atoms with Crippen LogP contribution in [0.2, 0.25) is 0 Å². The van der Waals surface area contributed by atoms with E-state index < -0.39 is 0 Å². The Hall–Kier alpha value is -1.24. The van der Waals surface area contributed by atoms with Gasteiger partial charge in [-0.25, -0.2) is 0 Å². The summed E-state index contributed by atoms with van der Waals surface area (Å²) in [7, 11) is 0. The van der Waals surface area contributed by atoms with E-state index in [2.05, 4.69) is 19.6 Å². The van der Waals surface area contributed by atoms with Crippen molar-refractivity contribution in [3.05, 3.63) is 41.5 Å². The topological polar surface area (TPSA) is 20.2 Å². The van der Waals surface area contributed by atoms with E-state index in [1.165, 1.54) is 62.5 Å². The first-order valence-electron chi connectivity index (χ1n) is 8.58. The number of aromatic hydroxyl groups is 1. The molecule has 0 amide bonds. The molecule has 0 saturated heterocycles. The Kier molecular flexibility index (Phi) is 8.89. The number of unbranched alkanes of at least 4 members (excludes halogenated alkanes) is 6. The number of rotatable bonds is 11. The predicted octanol–water partition coefficient (Wildman–Crippen LogP) is 6.33. The second-order valence-corrected chi connectivity index (χ2v) is 6.24. The summed E-state index contributed by atoms with van der Waals surface area (Å²) in [4.78, 5) is 0. The van der Waals surface area contributed by atoms with Crippen molar-refractivity contribution >= 4 is 0 Å². The molecule has 21 heavy (non-hydrogen) atoms.